The SMILES string of the molecule is COc1ccc(C)cc1Nc1cc(N2CCCc3ccccc32)nc(C)n1. The number of nitrogens with one attached hydrogen (secondary N) is 1. The molecule has 1 aromatic heterocycles. The van der Waals surface area contributed by atoms with Gasteiger partial charge in [0.2, 0.25) is 0 Å². The molecule has 0 unspecified atom stereocenters. The summed E-state index contributed by atoms with van der Waals surface area (Å²) < 4.78 is 5.48. The Kier molecular flexibility index (Phi) is 4.67. The Morgan fingerprint density at radius 2 is 1.89 bits per heavy atom. The first-order chi connectivity index (χ1) is 13.1. The molecule has 0 aliphatic carbocycles. The number of aryl methyl sites for hydroxylation is 3. The monoisotopic (exact) mass is 360 g/mol. The summed E-state index contributed by atoms with van der Waals surface area (Å²) in [5, 5.41) is 3.41. The van der Waals surface area contributed by atoms with E-state index >= 15 is 0 Å². The Morgan fingerprint density at radius 3 is 2.74 bits per heavy atom. The third-order valence-electron chi connectivity index (χ3n) is 4.83. The van der Waals surface area contributed by atoms with Crippen molar-refractivity contribution in [3.63, 3.8) is 0 Å². The number of para-hydroxylation sites is 1. The van der Waals surface area contributed by atoms with Crippen LogP contribution in [0.4, 0.5) is 23.0 Å². The predicted octanol–water partition coefficient (Wildman–Crippen LogP) is 4.93. The first kappa shape index (κ1) is 17.3. The molecule has 1 N–H and O–H groups in total. The van der Waals surface area contributed by atoms with Crippen molar-refractivity contribution in [2.75, 3.05) is 23.9 Å². The molecule has 0 bridgehead atoms. The first-order valence-corrected chi connectivity index (χ1v) is 9.27. The van der Waals surface area contributed by atoms with E-state index in [9.17, 15) is 0 Å². The molecule has 0 spiro atoms. The molecule has 138 valence electrons. The van der Waals surface area contributed by atoms with Crippen molar-refractivity contribution in [2.45, 2.75) is 26.7 Å². The molecule has 3 aromatic rings. The minimum atomic E-state index is 0.740. The summed E-state index contributed by atoms with van der Waals surface area (Å²) in [5.41, 5.74) is 4.67. The number of ether oxygens (including phenoxy) is 1. The summed E-state index contributed by atoms with van der Waals surface area (Å²) in [7, 11) is 1.68. The highest BCUT2D eigenvalue weighted by Gasteiger charge is 2.20. The summed E-state index contributed by atoms with van der Waals surface area (Å²) in [5.74, 6) is 3.22. The molecule has 4 rings (SSSR count). The number of fused-ring (bicyclic) bond motifs is 1. The Hall–Kier alpha value is -3.08. The highest BCUT2D eigenvalue weighted by Crippen LogP contribution is 2.34. The van der Waals surface area contributed by atoms with Gasteiger partial charge >= 0.3 is 0 Å². The molecule has 1 aliphatic rings. The van der Waals surface area contributed by atoms with Crippen molar-refractivity contribution in [3.8, 4) is 5.75 Å². The van der Waals surface area contributed by atoms with Gasteiger partial charge in [0, 0.05) is 18.3 Å². The van der Waals surface area contributed by atoms with Crippen molar-refractivity contribution in [3.05, 3.63) is 65.5 Å². The van der Waals surface area contributed by atoms with E-state index in [0.717, 1.165) is 53.8 Å². The molecule has 2 aromatic carbocycles. The second-order valence-corrected chi connectivity index (χ2v) is 6.87. The van der Waals surface area contributed by atoms with Gasteiger partial charge in [-0.25, -0.2) is 9.97 Å². The molecular weight excluding hydrogens is 336 g/mol. The molecule has 5 heteroatoms. The Balaban J connectivity index is 1.70. The van der Waals surface area contributed by atoms with E-state index < -0.39 is 0 Å². The highest BCUT2D eigenvalue weighted by atomic mass is 16.5. The van der Waals surface area contributed by atoms with E-state index in [0.29, 0.717) is 0 Å². The first-order valence-electron chi connectivity index (χ1n) is 9.27. The number of methoxy groups -OCH3 is 1. The average Bonchev–Trinajstić information content (AvgIpc) is 2.67. The number of aromatic nitrogens is 2. The summed E-state index contributed by atoms with van der Waals surface area (Å²) >= 11 is 0. The van der Waals surface area contributed by atoms with E-state index in [4.69, 9.17) is 9.72 Å². The van der Waals surface area contributed by atoms with Crippen LogP contribution in [-0.2, 0) is 6.42 Å². The topological polar surface area (TPSA) is 50.3 Å². The van der Waals surface area contributed by atoms with E-state index in [-0.39, 0.29) is 0 Å². The lowest BCUT2D eigenvalue weighted by molar-refractivity contribution is 0.416. The van der Waals surface area contributed by atoms with Gasteiger partial charge in [-0.1, -0.05) is 24.3 Å². The summed E-state index contributed by atoms with van der Waals surface area (Å²) in [6, 6.07) is 16.6. The third kappa shape index (κ3) is 3.58. The van der Waals surface area contributed by atoms with Crippen LogP contribution in [0, 0.1) is 13.8 Å². The van der Waals surface area contributed by atoms with Gasteiger partial charge in [0.15, 0.2) is 0 Å². The van der Waals surface area contributed by atoms with Gasteiger partial charge in [-0.05, 0) is 56.0 Å². The predicted molar refractivity (Wildman–Crippen MR) is 110 cm³/mol. The van der Waals surface area contributed by atoms with Crippen LogP contribution in [0.3, 0.4) is 0 Å². The van der Waals surface area contributed by atoms with Gasteiger partial charge in [0.25, 0.3) is 0 Å². The lowest BCUT2D eigenvalue weighted by atomic mass is 10.0. The van der Waals surface area contributed by atoms with Gasteiger partial charge in [0.05, 0.1) is 12.8 Å². The Labute approximate surface area is 160 Å². The zero-order valence-corrected chi connectivity index (χ0v) is 16.0. The van der Waals surface area contributed by atoms with Gasteiger partial charge in [-0.3, -0.25) is 0 Å². The zero-order valence-electron chi connectivity index (χ0n) is 16.0. The number of hydrogen-bond acceptors (Lipinski definition) is 5. The maximum absolute atomic E-state index is 5.48. The van der Waals surface area contributed by atoms with Crippen molar-refractivity contribution in [1.82, 2.24) is 9.97 Å². The van der Waals surface area contributed by atoms with Crippen LogP contribution in [0.15, 0.2) is 48.5 Å². The molecule has 0 fully saturated rings. The zero-order chi connectivity index (χ0) is 18.8. The van der Waals surface area contributed by atoms with E-state index in [2.05, 4.69) is 52.5 Å². The van der Waals surface area contributed by atoms with Crippen molar-refractivity contribution in [1.29, 1.82) is 0 Å². The Bertz CT molecular complexity index is 970. The molecular formula is C22H24N4O. The molecule has 0 saturated heterocycles. The van der Waals surface area contributed by atoms with Crippen molar-refractivity contribution in [2.24, 2.45) is 0 Å². The molecule has 2 heterocycles. The lowest BCUT2D eigenvalue weighted by Gasteiger charge is -2.30. The quantitative estimate of drug-likeness (QED) is 0.715. The standard InChI is InChI=1S/C22H24N4O/c1-15-10-11-20(27-3)18(13-15)25-21-14-22(24-16(2)23-21)26-12-6-8-17-7-4-5-9-19(17)26/h4-5,7,9-11,13-14H,6,8,12H2,1-3H3,(H,23,24,25). The van der Waals surface area contributed by atoms with Gasteiger partial charge in [-0.2, -0.15) is 0 Å². The Morgan fingerprint density at radius 1 is 1.04 bits per heavy atom. The fraction of sp³-hybridized carbons (Fsp3) is 0.273. The molecule has 0 saturated carbocycles. The molecule has 0 amide bonds. The summed E-state index contributed by atoms with van der Waals surface area (Å²) in [6.45, 7) is 4.95. The van der Waals surface area contributed by atoms with Gasteiger partial charge in [-0.15, -0.1) is 0 Å². The maximum atomic E-state index is 5.48. The number of nitrogens with zero attached hydrogens (tertiary/aromatic N) is 3. The van der Waals surface area contributed by atoms with Crippen LogP contribution in [-0.4, -0.2) is 23.6 Å². The van der Waals surface area contributed by atoms with Gasteiger partial charge in [0.1, 0.15) is 23.2 Å². The summed E-state index contributed by atoms with van der Waals surface area (Å²) in [6.07, 6.45) is 2.23. The van der Waals surface area contributed by atoms with Crippen LogP contribution in [0.25, 0.3) is 0 Å². The van der Waals surface area contributed by atoms with Crippen LogP contribution in [0.1, 0.15) is 23.4 Å². The van der Waals surface area contributed by atoms with Crippen LogP contribution in [0.5, 0.6) is 5.75 Å². The average molecular weight is 360 g/mol. The van der Waals surface area contributed by atoms with E-state index in [1.807, 2.05) is 25.1 Å². The molecule has 5 nitrogen and oxygen atoms in total. The van der Waals surface area contributed by atoms with Crippen LogP contribution < -0.4 is 15.0 Å². The number of rotatable bonds is 4. The smallest absolute Gasteiger partial charge is 0.142 e. The highest BCUT2D eigenvalue weighted by molar-refractivity contribution is 5.70. The second kappa shape index (κ2) is 7.27. The molecule has 0 radical (unpaired) electrons. The van der Waals surface area contributed by atoms with E-state index in [1.54, 1.807) is 7.11 Å². The maximum Gasteiger partial charge on any atom is 0.142 e. The van der Waals surface area contributed by atoms with Crippen molar-refractivity contribution < 1.29 is 4.74 Å². The number of hydrogen-bond donors (Lipinski definition) is 1. The van der Waals surface area contributed by atoms with Crippen LogP contribution in [0.2, 0.25) is 0 Å². The largest absolute Gasteiger partial charge is 0.495 e. The lowest BCUT2D eigenvalue weighted by Crippen LogP contribution is -2.25. The van der Waals surface area contributed by atoms with Crippen LogP contribution >= 0.6 is 0 Å². The van der Waals surface area contributed by atoms with Gasteiger partial charge < -0.3 is 15.0 Å². The third-order valence-corrected chi connectivity index (χ3v) is 4.83. The number of anilines is 4. The van der Waals surface area contributed by atoms with E-state index in [1.165, 1.54) is 11.3 Å². The normalized spacial score (nSPS) is 13.2. The second-order valence-electron chi connectivity index (χ2n) is 6.87. The number of benzene rings is 2. The molecule has 27 heavy (non-hydrogen) atoms. The molecule has 1 aliphatic heterocycles. The summed E-state index contributed by atoms with van der Waals surface area (Å²) in [4.78, 5) is 11.6. The fourth-order valence-corrected chi connectivity index (χ4v) is 3.58. The minimum absolute atomic E-state index is 0.740. The van der Waals surface area contributed by atoms with Crippen molar-refractivity contribution >= 4 is 23.0 Å². The minimum Gasteiger partial charge on any atom is -0.495 e. The molecule has 0 atom stereocenters. The fourth-order valence-electron chi connectivity index (χ4n) is 3.58.